The summed E-state index contributed by atoms with van der Waals surface area (Å²) < 4.78 is 47.6. The molecular weight excluding hydrogens is 631 g/mol. The van der Waals surface area contributed by atoms with Gasteiger partial charge in [-0.25, -0.2) is 4.79 Å². The van der Waals surface area contributed by atoms with Crippen LogP contribution in [-0.2, 0) is 14.3 Å². The van der Waals surface area contributed by atoms with Crippen LogP contribution in [0, 0.1) is 0 Å². The fourth-order valence-electron chi connectivity index (χ4n) is 6.75. The van der Waals surface area contributed by atoms with E-state index >= 15 is 0 Å². The third-order valence-electron chi connectivity index (χ3n) is 9.21. The van der Waals surface area contributed by atoms with E-state index in [1.165, 1.54) is 4.90 Å². The summed E-state index contributed by atoms with van der Waals surface area (Å²) in [5.74, 6) is -1.12. The molecule has 1 N–H and O–H groups in total. The van der Waals surface area contributed by atoms with Crippen LogP contribution in [0.1, 0.15) is 44.0 Å². The number of fused-ring (bicyclic) bond motifs is 1. The van der Waals surface area contributed by atoms with E-state index in [-0.39, 0.29) is 31.6 Å². The molecule has 4 amide bonds. The molecule has 3 fully saturated rings. The van der Waals surface area contributed by atoms with Crippen LogP contribution in [0.3, 0.4) is 0 Å². The van der Waals surface area contributed by atoms with E-state index in [1.807, 2.05) is 35.2 Å². The molecule has 3 aliphatic rings. The predicted molar refractivity (Wildman–Crippen MR) is 169 cm³/mol. The number of halogens is 3. The van der Waals surface area contributed by atoms with Gasteiger partial charge in [0.15, 0.2) is 0 Å². The van der Waals surface area contributed by atoms with Gasteiger partial charge in [0.2, 0.25) is 5.91 Å². The number of carbonyl (C=O) groups excluding carboxylic acids is 4. The Balaban J connectivity index is 1.17. The Bertz CT molecular complexity index is 1700. The zero-order valence-corrected chi connectivity index (χ0v) is 27.0. The van der Waals surface area contributed by atoms with Gasteiger partial charge in [0, 0.05) is 42.8 Å². The summed E-state index contributed by atoms with van der Waals surface area (Å²) in [4.78, 5) is 60.5. The van der Waals surface area contributed by atoms with E-state index in [9.17, 15) is 32.3 Å². The number of aromatic nitrogens is 2. The number of rotatable bonds is 4. The van der Waals surface area contributed by atoms with Crippen LogP contribution in [0.15, 0.2) is 54.7 Å². The first kappa shape index (κ1) is 33.1. The lowest BCUT2D eigenvalue weighted by molar-refractivity contribution is -0.194. The summed E-state index contributed by atoms with van der Waals surface area (Å²) >= 11 is 0. The van der Waals surface area contributed by atoms with Crippen molar-refractivity contribution in [2.75, 3.05) is 50.8 Å². The van der Waals surface area contributed by atoms with E-state index in [2.05, 4.69) is 10.2 Å². The minimum absolute atomic E-state index is 0.0558. The number of piperidine rings is 1. The van der Waals surface area contributed by atoms with Gasteiger partial charge in [0.1, 0.15) is 23.7 Å². The lowest BCUT2D eigenvalue weighted by Gasteiger charge is -2.43. The number of likely N-dealkylation sites (tertiary alicyclic amines) is 1. The van der Waals surface area contributed by atoms with Gasteiger partial charge >= 0.3 is 12.3 Å². The standard InChI is InChI=1S/C33H38F3N7O5/c1-31(2,3)48-30(47)42-16-15-40(19-26(42)33(34,35)36)27(44)20-41-21-43(24-7-5-4-6-8-24)32(29(41)46)11-13-39(14-12-32)28(45)22-9-10-25-23(17-22)18-37-38-25/h4-10,17-18,26H,11-16,19-21H2,1-3H3,(H,37,38)/t26-/m1/s1. The van der Waals surface area contributed by atoms with Crippen molar-refractivity contribution in [3.05, 3.63) is 60.3 Å². The normalized spacial score (nSPS) is 20.2. The molecule has 0 saturated carbocycles. The van der Waals surface area contributed by atoms with Crippen LogP contribution in [0.2, 0.25) is 0 Å². The number of para-hydroxylation sites is 1. The molecule has 3 aliphatic heterocycles. The number of piperazine rings is 1. The van der Waals surface area contributed by atoms with E-state index in [1.54, 1.807) is 50.1 Å². The van der Waals surface area contributed by atoms with Crippen molar-refractivity contribution < 1.29 is 37.1 Å². The van der Waals surface area contributed by atoms with Crippen molar-refractivity contribution in [1.29, 1.82) is 0 Å². The summed E-state index contributed by atoms with van der Waals surface area (Å²) in [6.45, 7) is 3.64. The molecular formula is C33H38F3N7O5. The Kier molecular flexibility index (Phi) is 8.50. The molecule has 1 spiro atoms. The fraction of sp³-hybridized carbons (Fsp3) is 0.485. The zero-order valence-electron chi connectivity index (χ0n) is 27.0. The number of nitrogens with zero attached hydrogens (tertiary/aromatic N) is 6. The van der Waals surface area contributed by atoms with Crippen molar-refractivity contribution in [2.24, 2.45) is 0 Å². The molecule has 0 unspecified atom stereocenters. The molecule has 0 radical (unpaired) electrons. The molecule has 15 heteroatoms. The average Bonchev–Trinajstić information content (AvgIpc) is 3.62. The molecule has 3 aromatic rings. The molecule has 48 heavy (non-hydrogen) atoms. The first-order valence-corrected chi connectivity index (χ1v) is 15.8. The Morgan fingerprint density at radius 2 is 1.69 bits per heavy atom. The van der Waals surface area contributed by atoms with Crippen LogP contribution in [0.5, 0.6) is 0 Å². The number of anilines is 1. The smallest absolute Gasteiger partial charge is 0.410 e. The van der Waals surface area contributed by atoms with Crippen molar-refractivity contribution in [3.8, 4) is 0 Å². The number of hydrogen-bond donors (Lipinski definition) is 1. The highest BCUT2D eigenvalue weighted by molar-refractivity contribution is 5.99. The maximum absolute atomic E-state index is 14.2. The highest BCUT2D eigenvalue weighted by Crippen LogP contribution is 2.40. The summed E-state index contributed by atoms with van der Waals surface area (Å²) in [6, 6.07) is 12.3. The van der Waals surface area contributed by atoms with Crippen LogP contribution >= 0.6 is 0 Å². The molecule has 2 aromatic carbocycles. The number of carbonyl (C=O) groups is 4. The summed E-state index contributed by atoms with van der Waals surface area (Å²) in [5, 5.41) is 7.68. The first-order valence-electron chi connectivity index (χ1n) is 15.8. The monoisotopic (exact) mass is 669 g/mol. The second kappa shape index (κ2) is 12.3. The number of alkyl halides is 3. The summed E-state index contributed by atoms with van der Waals surface area (Å²) in [7, 11) is 0. The molecule has 0 aliphatic carbocycles. The van der Waals surface area contributed by atoms with Crippen molar-refractivity contribution in [3.63, 3.8) is 0 Å². The van der Waals surface area contributed by atoms with E-state index < -0.39 is 48.4 Å². The van der Waals surface area contributed by atoms with E-state index in [0.717, 1.165) is 21.5 Å². The molecule has 1 atom stereocenters. The molecule has 3 saturated heterocycles. The van der Waals surface area contributed by atoms with Gasteiger partial charge in [-0.15, -0.1) is 0 Å². The second-order valence-electron chi connectivity index (χ2n) is 13.5. The van der Waals surface area contributed by atoms with Crippen LogP contribution in [0.4, 0.5) is 23.7 Å². The molecule has 0 bridgehead atoms. The fourth-order valence-corrected chi connectivity index (χ4v) is 6.75. The molecule has 1 aromatic heterocycles. The quantitative estimate of drug-likeness (QED) is 0.448. The van der Waals surface area contributed by atoms with Crippen molar-refractivity contribution in [2.45, 2.75) is 57.0 Å². The lowest BCUT2D eigenvalue weighted by Crippen LogP contribution is -2.63. The number of aromatic amines is 1. The van der Waals surface area contributed by atoms with Crippen LogP contribution in [-0.4, -0.2) is 123 Å². The number of nitrogens with one attached hydrogen (secondary N) is 1. The number of ether oxygens (including phenoxy) is 1. The number of hydrogen-bond acceptors (Lipinski definition) is 7. The second-order valence-corrected chi connectivity index (χ2v) is 13.5. The largest absolute Gasteiger partial charge is 0.444 e. The maximum Gasteiger partial charge on any atom is 0.410 e. The van der Waals surface area contributed by atoms with Gasteiger partial charge in [-0.1, -0.05) is 18.2 Å². The minimum atomic E-state index is -4.80. The Hall–Kier alpha value is -4.82. The number of H-pyrrole nitrogens is 1. The third-order valence-corrected chi connectivity index (χ3v) is 9.21. The Morgan fingerprint density at radius 1 is 0.979 bits per heavy atom. The van der Waals surface area contributed by atoms with Gasteiger partial charge in [0.05, 0.1) is 24.9 Å². The van der Waals surface area contributed by atoms with Gasteiger partial charge < -0.3 is 24.3 Å². The van der Waals surface area contributed by atoms with Crippen LogP contribution < -0.4 is 4.90 Å². The van der Waals surface area contributed by atoms with Gasteiger partial charge in [0.25, 0.3) is 11.8 Å². The van der Waals surface area contributed by atoms with Gasteiger partial charge in [-0.3, -0.25) is 24.4 Å². The van der Waals surface area contributed by atoms with Gasteiger partial charge in [-0.05, 0) is 63.9 Å². The van der Waals surface area contributed by atoms with Gasteiger partial charge in [-0.2, -0.15) is 18.3 Å². The van der Waals surface area contributed by atoms with Crippen molar-refractivity contribution >= 4 is 40.4 Å². The predicted octanol–water partition coefficient (Wildman–Crippen LogP) is 3.85. The minimum Gasteiger partial charge on any atom is -0.444 e. The Morgan fingerprint density at radius 3 is 2.35 bits per heavy atom. The molecule has 4 heterocycles. The molecule has 12 nitrogen and oxygen atoms in total. The zero-order chi connectivity index (χ0) is 34.4. The molecule has 256 valence electrons. The average molecular weight is 670 g/mol. The molecule has 6 rings (SSSR count). The maximum atomic E-state index is 14.2. The van der Waals surface area contributed by atoms with E-state index in [0.29, 0.717) is 36.4 Å². The summed E-state index contributed by atoms with van der Waals surface area (Å²) in [5.41, 5.74) is 0.0431. The first-order chi connectivity index (χ1) is 22.7. The highest BCUT2D eigenvalue weighted by atomic mass is 19.4. The summed E-state index contributed by atoms with van der Waals surface area (Å²) in [6.07, 6.45) is -3.65. The van der Waals surface area contributed by atoms with E-state index in [4.69, 9.17) is 4.74 Å². The highest BCUT2D eigenvalue weighted by Gasteiger charge is 2.55. The van der Waals surface area contributed by atoms with Crippen LogP contribution in [0.25, 0.3) is 10.9 Å². The third kappa shape index (κ3) is 6.37. The Labute approximate surface area is 275 Å². The SMILES string of the molecule is CC(C)(C)OC(=O)N1CCN(C(=O)CN2CN(c3ccccc3)C3(CCN(C(=O)c4ccc5[nH]ncc5c4)CC3)C2=O)C[C@@H]1C(F)(F)F. The number of amides is 4. The lowest BCUT2D eigenvalue weighted by atomic mass is 9.85. The number of benzene rings is 2. The topological polar surface area (TPSA) is 122 Å². The van der Waals surface area contributed by atoms with Crippen molar-refractivity contribution in [1.82, 2.24) is 29.8 Å².